The van der Waals surface area contributed by atoms with Crippen LogP contribution in [-0.2, 0) is 21.3 Å². The molecule has 0 aliphatic carbocycles. The summed E-state index contributed by atoms with van der Waals surface area (Å²) in [4.78, 5) is 5.26. The topological polar surface area (TPSA) is 74.9 Å². The molecule has 1 aliphatic heterocycles. The van der Waals surface area contributed by atoms with E-state index in [0.29, 0.717) is 13.2 Å². The Bertz CT molecular complexity index is 838. The molecule has 6 nitrogen and oxygen atoms in total. The number of halogens is 2. The average Bonchev–Trinajstić information content (AvgIpc) is 2.63. The third-order valence-corrected chi connectivity index (χ3v) is 6.12. The molecule has 134 valence electrons. The van der Waals surface area contributed by atoms with Crippen LogP contribution in [0.3, 0.4) is 0 Å². The minimum atomic E-state index is -3.87. The quantitative estimate of drug-likeness (QED) is 0.771. The number of morpholine rings is 1. The van der Waals surface area contributed by atoms with E-state index in [1.807, 2.05) is 12.1 Å². The van der Waals surface area contributed by atoms with Crippen molar-refractivity contribution in [2.75, 3.05) is 31.2 Å². The van der Waals surface area contributed by atoms with Crippen LogP contribution in [0.25, 0.3) is 4.72 Å². The van der Waals surface area contributed by atoms with Crippen molar-refractivity contribution in [3.05, 3.63) is 56.9 Å². The molecule has 2 aromatic rings. The molecule has 1 aromatic heterocycles. The van der Waals surface area contributed by atoms with Gasteiger partial charge in [-0.2, -0.15) is 0 Å². The third kappa shape index (κ3) is 4.43. The molecule has 0 radical (unpaired) electrons. The highest BCUT2D eigenvalue weighted by Crippen LogP contribution is 2.32. The molecule has 0 saturated carbocycles. The number of H-pyrrole nitrogens is 1. The summed E-state index contributed by atoms with van der Waals surface area (Å²) in [5.41, 5.74) is 0.749. The molecule has 2 heterocycles. The van der Waals surface area contributed by atoms with E-state index in [1.165, 1.54) is 18.2 Å². The number of pyridine rings is 1. The van der Waals surface area contributed by atoms with Gasteiger partial charge in [-0.15, -0.1) is 6.54 Å². The van der Waals surface area contributed by atoms with Crippen LogP contribution < -0.4 is 9.88 Å². The van der Waals surface area contributed by atoms with E-state index < -0.39 is 10.0 Å². The summed E-state index contributed by atoms with van der Waals surface area (Å²) in [6.07, 6.45) is 1.75. The monoisotopic (exact) mass is 401 g/mol. The predicted octanol–water partition coefficient (Wildman–Crippen LogP) is 2.91. The van der Waals surface area contributed by atoms with Crippen molar-refractivity contribution in [2.24, 2.45) is 0 Å². The van der Waals surface area contributed by atoms with E-state index in [4.69, 9.17) is 27.9 Å². The molecule has 1 fully saturated rings. The smallest absolute Gasteiger partial charge is 0.274 e. The highest BCUT2D eigenvalue weighted by Gasteiger charge is 2.18. The summed E-state index contributed by atoms with van der Waals surface area (Å²) < 4.78 is 33.8. The fourth-order valence-electron chi connectivity index (χ4n) is 2.46. The average molecular weight is 402 g/mol. The first-order chi connectivity index (χ1) is 12.0. The molecule has 25 heavy (non-hydrogen) atoms. The predicted molar refractivity (Wildman–Crippen MR) is 96.7 cm³/mol. The molecule has 0 bridgehead atoms. The standard InChI is InChI=1S/C16H16Cl2N3O3S/c17-13-2-1-3-14(16(13)18)25(22,23)20-11-12-4-5-15(19-10-12)21-6-8-24-9-7-21/h1-5,10H,6-9,11H2/q-1/p+1. The first-order valence-corrected chi connectivity index (χ1v) is 9.88. The largest absolute Gasteiger partial charge is 0.541 e. The van der Waals surface area contributed by atoms with Gasteiger partial charge in [0.15, 0.2) is 0 Å². The lowest BCUT2D eigenvalue weighted by Gasteiger charge is -2.22. The molecular weight excluding hydrogens is 385 g/mol. The molecular formula is C16H17Cl2N3O3S. The SMILES string of the molecule is O=S(=O)([N-]Cc1ccc(N2CCOCC2)[nH+]c1)c1cccc(Cl)c1Cl. The zero-order chi connectivity index (χ0) is 17.9. The Balaban J connectivity index is 1.67. The van der Waals surface area contributed by atoms with Crippen LogP contribution in [0.2, 0.25) is 10.0 Å². The highest BCUT2D eigenvalue weighted by molar-refractivity contribution is 7.94. The van der Waals surface area contributed by atoms with Gasteiger partial charge in [-0.1, -0.05) is 29.3 Å². The van der Waals surface area contributed by atoms with Crippen molar-refractivity contribution in [1.29, 1.82) is 0 Å². The summed E-state index contributed by atoms with van der Waals surface area (Å²) in [5, 5.41) is 0.170. The van der Waals surface area contributed by atoms with Crippen LogP contribution in [-0.4, -0.2) is 34.7 Å². The molecule has 1 N–H and O–H groups in total. The van der Waals surface area contributed by atoms with Crippen molar-refractivity contribution in [3.63, 3.8) is 0 Å². The first-order valence-electron chi connectivity index (χ1n) is 7.68. The number of aromatic nitrogens is 1. The number of benzene rings is 1. The van der Waals surface area contributed by atoms with Crippen molar-refractivity contribution in [1.82, 2.24) is 0 Å². The molecule has 3 rings (SSSR count). The normalized spacial score (nSPS) is 15.4. The van der Waals surface area contributed by atoms with Crippen LogP contribution in [0.1, 0.15) is 5.56 Å². The molecule has 1 saturated heterocycles. The molecule has 1 aromatic carbocycles. The van der Waals surface area contributed by atoms with Gasteiger partial charge in [-0.3, -0.25) is 4.90 Å². The van der Waals surface area contributed by atoms with Gasteiger partial charge in [-0.25, -0.2) is 13.4 Å². The maximum Gasteiger partial charge on any atom is 0.274 e. The second kappa shape index (κ2) is 7.88. The van der Waals surface area contributed by atoms with Crippen LogP contribution in [0.4, 0.5) is 5.82 Å². The van der Waals surface area contributed by atoms with Crippen molar-refractivity contribution in [3.8, 4) is 0 Å². The Kier molecular flexibility index (Phi) is 5.81. The van der Waals surface area contributed by atoms with Gasteiger partial charge in [-0.05, 0) is 23.8 Å². The van der Waals surface area contributed by atoms with Gasteiger partial charge in [0.1, 0.15) is 23.1 Å². The lowest BCUT2D eigenvalue weighted by Crippen LogP contribution is -2.39. The second-order valence-corrected chi connectivity index (χ2v) is 7.93. The van der Waals surface area contributed by atoms with Crippen LogP contribution in [0.15, 0.2) is 41.4 Å². The number of nitrogens with zero attached hydrogens (tertiary/aromatic N) is 2. The number of ether oxygens (including phenoxy) is 1. The molecule has 0 spiro atoms. The number of rotatable bonds is 5. The molecule has 0 amide bonds. The number of sulfonamides is 1. The minimum absolute atomic E-state index is 0.0119. The zero-order valence-electron chi connectivity index (χ0n) is 13.3. The Hall–Kier alpha value is -1.38. The van der Waals surface area contributed by atoms with Gasteiger partial charge in [0, 0.05) is 6.07 Å². The van der Waals surface area contributed by atoms with E-state index in [-0.39, 0.29) is 21.5 Å². The Morgan fingerprint density at radius 1 is 1.16 bits per heavy atom. The number of anilines is 1. The summed E-state index contributed by atoms with van der Waals surface area (Å²) in [5.74, 6) is 0.966. The minimum Gasteiger partial charge on any atom is -0.541 e. The summed E-state index contributed by atoms with van der Waals surface area (Å²) in [7, 11) is -3.87. The first kappa shape index (κ1) is 18.4. The highest BCUT2D eigenvalue weighted by atomic mass is 35.5. The molecule has 0 atom stereocenters. The van der Waals surface area contributed by atoms with E-state index in [2.05, 4.69) is 14.6 Å². The summed E-state index contributed by atoms with van der Waals surface area (Å²) in [6, 6.07) is 8.21. The van der Waals surface area contributed by atoms with Crippen molar-refractivity contribution >= 4 is 39.0 Å². The van der Waals surface area contributed by atoms with Crippen LogP contribution in [0, 0.1) is 0 Å². The van der Waals surface area contributed by atoms with Crippen LogP contribution in [0.5, 0.6) is 0 Å². The van der Waals surface area contributed by atoms with Gasteiger partial charge < -0.3 is 9.46 Å². The van der Waals surface area contributed by atoms with Crippen LogP contribution >= 0.6 is 23.2 Å². The number of aromatic amines is 1. The van der Waals surface area contributed by atoms with Gasteiger partial charge in [0.2, 0.25) is 0 Å². The second-order valence-electron chi connectivity index (χ2n) is 5.50. The molecule has 9 heteroatoms. The van der Waals surface area contributed by atoms with Gasteiger partial charge >= 0.3 is 0 Å². The number of hydrogen-bond donors (Lipinski definition) is 0. The molecule has 0 unspecified atom stereocenters. The Labute approximate surface area is 156 Å². The maximum absolute atomic E-state index is 12.4. The van der Waals surface area contributed by atoms with E-state index in [0.717, 1.165) is 24.5 Å². The van der Waals surface area contributed by atoms with Gasteiger partial charge in [0.05, 0.1) is 34.4 Å². The fourth-order valence-corrected chi connectivity index (χ4v) is 4.15. The Morgan fingerprint density at radius 3 is 2.60 bits per heavy atom. The number of hydrogen-bond acceptors (Lipinski definition) is 4. The summed E-state index contributed by atoms with van der Waals surface area (Å²) >= 11 is 11.8. The van der Waals surface area contributed by atoms with E-state index >= 15 is 0 Å². The Morgan fingerprint density at radius 2 is 1.92 bits per heavy atom. The van der Waals surface area contributed by atoms with Crippen molar-refractivity contribution in [2.45, 2.75) is 11.4 Å². The summed E-state index contributed by atoms with van der Waals surface area (Å²) in [6.45, 7) is 3.06. The van der Waals surface area contributed by atoms with E-state index in [1.54, 1.807) is 6.20 Å². The van der Waals surface area contributed by atoms with Crippen molar-refractivity contribution < 1.29 is 18.1 Å². The maximum atomic E-state index is 12.4. The zero-order valence-corrected chi connectivity index (χ0v) is 15.6. The van der Waals surface area contributed by atoms with Gasteiger partial charge in [0.25, 0.3) is 5.82 Å². The number of nitrogens with one attached hydrogen (secondary N) is 1. The lowest BCUT2D eigenvalue weighted by atomic mass is 10.3. The fraction of sp³-hybridized carbons (Fsp3) is 0.312. The molecule has 1 aliphatic rings. The lowest BCUT2D eigenvalue weighted by molar-refractivity contribution is -0.365. The van der Waals surface area contributed by atoms with E-state index in [9.17, 15) is 8.42 Å². The third-order valence-electron chi connectivity index (χ3n) is 3.82.